The van der Waals surface area contributed by atoms with Gasteiger partial charge >= 0.3 is 0 Å². The minimum absolute atomic E-state index is 0.119. The molecule has 0 spiro atoms. The second-order valence-electron chi connectivity index (χ2n) is 4.21. The maximum Gasteiger partial charge on any atom is 0.162 e. The number of fused-ring (bicyclic) bond motifs is 1. The van der Waals surface area contributed by atoms with Crippen molar-refractivity contribution in [1.82, 2.24) is 5.32 Å². The Morgan fingerprint density at radius 1 is 1.37 bits per heavy atom. The van der Waals surface area contributed by atoms with Gasteiger partial charge in [-0.15, -0.1) is 11.8 Å². The highest BCUT2D eigenvalue weighted by atomic mass is 32.2. The summed E-state index contributed by atoms with van der Waals surface area (Å²) in [5.74, 6) is 2.34. The molecular formula is C14H18N2O2S. The first-order valence-electron chi connectivity index (χ1n) is 6.49. The fourth-order valence-electron chi connectivity index (χ4n) is 1.80. The molecule has 1 aliphatic heterocycles. The quantitative estimate of drug-likeness (QED) is 0.838. The number of benzene rings is 1. The third kappa shape index (κ3) is 4.05. The lowest BCUT2D eigenvalue weighted by atomic mass is 10.3. The molecule has 0 saturated heterocycles. The molecule has 1 unspecified atom stereocenters. The second kappa shape index (κ2) is 7.27. The fourth-order valence-corrected chi connectivity index (χ4v) is 2.71. The van der Waals surface area contributed by atoms with Crippen LogP contribution in [0.4, 0.5) is 0 Å². The molecule has 0 fully saturated rings. The summed E-state index contributed by atoms with van der Waals surface area (Å²) in [6, 6.07) is 8.08. The average molecular weight is 278 g/mol. The van der Waals surface area contributed by atoms with Crippen LogP contribution in [0.3, 0.4) is 0 Å². The van der Waals surface area contributed by atoms with Crippen LogP contribution in [0.2, 0.25) is 0 Å². The van der Waals surface area contributed by atoms with E-state index in [2.05, 4.69) is 11.4 Å². The Balaban J connectivity index is 1.98. The molecule has 102 valence electrons. The van der Waals surface area contributed by atoms with Crippen molar-refractivity contribution in [2.24, 2.45) is 0 Å². The smallest absolute Gasteiger partial charge is 0.162 e. The Morgan fingerprint density at radius 3 is 2.89 bits per heavy atom. The van der Waals surface area contributed by atoms with E-state index >= 15 is 0 Å². The number of nitriles is 1. The third-order valence-electron chi connectivity index (χ3n) is 2.74. The van der Waals surface area contributed by atoms with E-state index in [-0.39, 0.29) is 6.04 Å². The van der Waals surface area contributed by atoms with E-state index in [9.17, 15) is 0 Å². The summed E-state index contributed by atoms with van der Waals surface area (Å²) in [6.45, 7) is 4.21. The van der Waals surface area contributed by atoms with Gasteiger partial charge in [0.25, 0.3) is 0 Å². The van der Waals surface area contributed by atoms with E-state index in [1.165, 1.54) is 0 Å². The maximum absolute atomic E-state index is 8.99. The largest absolute Gasteiger partial charge is 0.490 e. The fraction of sp³-hybridized carbons (Fsp3) is 0.500. The van der Waals surface area contributed by atoms with Gasteiger partial charge in [0, 0.05) is 17.1 Å². The number of ether oxygens (including phenoxy) is 2. The minimum atomic E-state index is -0.119. The molecule has 1 aromatic rings. The van der Waals surface area contributed by atoms with Gasteiger partial charge in [0.2, 0.25) is 0 Å². The first kappa shape index (κ1) is 14.0. The Morgan fingerprint density at radius 2 is 2.16 bits per heavy atom. The van der Waals surface area contributed by atoms with Gasteiger partial charge in [0.15, 0.2) is 11.5 Å². The third-order valence-corrected chi connectivity index (χ3v) is 3.83. The molecule has 0 aliphatic carbocycles. The van der Waals surface area contributed by atoms with Crippen molar-refractivity contribution in [3.05, 3.63) is 18.2 Å². The van der Waals surface area contributed by atoms with E-state index in [0.29, 0.717) is 13.2 Å². The van der Waals surface area contributed by atoms with Gasteiger partial charge in [-0.1, -0.05) is 6.92 Å². The number of nitrogens with zero attached hydrogens (tertiary/aromatic N) is 1. The molecule has 4 nitrogen and oxygen atoms in total. The van der Waals surface area contributed by atoms with Crippen molar-refractivity contribution in [2.75, 3.05) is 25.5 Å². The summed E-state index contributed by atoms with van der Waals surface area (Å²) < 4.78 is 11.2. The van der Waals surface area contributed by atoms with Gasteiger partial charge in [-0.25, -0.2) is 0 Å². The van der Waals surface area contributed by atoms with Gasteiger partial charge in [0.1, 0.15) is 6.04 Å². The number of rotatable bonds is 5. The van der Waals surface area contributed by atoms with E-state index < -0.39 is 0 Å². The number of nitrogens with one attached hydrogen (secondary N) is 1. The van der Waals surface area contributed by atoms with Crippen LogP contribution >= 0.6 is 11.8 Å². The second-order valence-corrected chi connectivity index (χ2v) is 5.30. The van der Waals surface area contributed by atoms with Crippen molar-refractivity contribution < 1.29 is 9.47 Å². The Kier molecular flexibility index (Phi) is 5.37. The van der Waals surface area contributed by atoms with E-state index in [4.69, 9.17) is 14.7 Å². The van der Waals surface area contributed by atoms with Crippen LogP contribution in [0.15, 0.2) is 23.1 Å². The normalized spacial score (nSPS) is 15.4. The summed E-state index contributed by atoms with van der Waals surface area (Å²) in [4.78, 5) is 1.10. The van der Waals surface area contributed by atoms with E-state index in [1.54, 1.807) is 11.8 Å². The SMILES string of the molecule is CCNC(C#N)CSc1ccc2c(c1)OCCCO2. The van der Waals surface area contributed by atoms with Crippen LogP contribution < -0.4 is 14.8 Å². The van der Waals surface area contributed by atoms with Crippen LogP contribution in [0.25, 0.3) is 0 Å². The lowest BCUT2D eigenvalue weighted by Gasteiger charge is -2.11. The Hall–Kier alpha value is -1.38. The molecule has 2 rings (SSSR count). The van der Waals surface area contributed by atoms with Crippen molar-refractivity contribution in [1.29, 1.82) is 5.26 Å². The van der Waals surface area contributed by atoms with Crippen molar-refractivity contribution in [2.45, 2.75) is 24.3 Å². The summed E-state index contributed by atoms with van der Waals surface area (Å²) in [5.41, 5.74) is 0. The molecule has 0 bridgehead atoms. The van der Waals surface area contributed by atoms with Crippen molar-refractivity contribution in [3.63, 3.8) is 0 Å². The maximum atomic E-state index is 8.99. The van der Waals surface area contributed by atoms with Gasteiger partial charge < -0.3 is 14.8 Å². The first-order valence-corrected chi connectivity index (χ1v) is 7.47. The predicted octanol–water partition coefficient (Wildman–Crippen LogP) is 2.44. The van der Waals surface area contributed by atoms with Gasteiger partial charge in [0.05, 0.1) is 19.3 Å². The van der Waals surface area contributed by atoms with E-state index in [1.807, 2.05) is 25.1 Å². The Labute approximate surface area is 118 Å². The monoisotopic (exact) mass is 278 g/mol. The summed E-state index contributed by atoms with van der Waals surface area (Å²) in [7, 11) is 0. The molecule has 1 aromatic carbocycles. The summed E-state index contributed by atoms with van der Waals surface area (Å²) in [5, 5.41) is 12.1. The summed E-state index contributed by atoms with van der Waals surface area (Å²) >= 11 is 1.65. The number of thioether (sulfide) groups is 1. The van der Waals surface area contributed by atoms with Crippen LogP contribution in [-0.4, -0.2) is 31.6 Å². The summed E-state index contributed by atoms with van der Waals surface area (Å²) in [6.07, 6.45) is 0.911. The average Bonchev–Trinajstić information content (AvgIpc) is 2.68. The van der Waals surface area contributed by atoms with Crippen LogP contribution in [-0.2, 0) is 0 Å². The zero-order valence-corrected chi connectivity index (χ0v) is 11.8. The highest BCUT2D eigenvalue weighted by molar-refractivity contribution is 7.99. The Bertz CT molecular complexity index is 459. The molecule has 1 N–H and O–H groups in total. The molecule has 0 radical (unpaired) electrons. The van der Waals surface area contributed by atoms with Crippen molar-refractivity contribution >= 4 is 11.8 Å². The molecule has 1 aliphatic rings. The lowest BCUT2D eigenvalue weighted by Crippen LogP contribution is -2.29. The number of hydrogen-bond donors (Lipinski definition) is 1. The molecular weight excluding hydrogens is 260 g/mol. The lowest BCUT2D eigenvalue weighted by molar-refractivity contribution is 0.297. The minimum Gasteiger partial charge on any atom is -0.490 e. The number of hydrogen-bond acceptors (Lipinski definition) is 5. The topological polar surface area (TPSA) is 54.3 Å². The van der Waals surface area contributed by atoms with Crippen LogP contribution in [0.1, 0.15) is 13.3 Å². The molecule has 0 aromatic heterocycles. The van der Waals surface area contributed by atoms with Gasteiger partial charge in [-0.05, 0) is 24.7 Å². The molecule has 0 saturated carbocycles. The molecule has 19 heavy (non-hydrogen) atoms. The van der Waals surface area contributed by atoms with Gasteiger partial charge in [-0.3, -0.25) is 0 Å². The van der Waals surface area contributed by atoms with Crippen LogP contribution in [0, 0.1) is 11.3 Å². The van der Waals surface area contributed by atoms with E-state index in [0.717, 1.165) is 35.1 Å². The standard InChI is InChI=1S/C14H18N2O2S/c1-2-16-11(9-15)10-19-12-4-5-13-14(8-12)18-7-3-6-17-13/h4-5,8,11,16H,2-3,6-7,10H2,1H3. The van der Waals surface area contributed by atoms with Crippen LogP contribution in [0.5, 0.6) is 11.5 Å². The van der Waals surface area contributed by atoms with Gasteiger partial charge in [-0.2, -0.15) is 5.26 Å². The highest BCUT2D eigenvalue weighted by Crippen LogP contribution is 2.33. The highest BCUT2D eigenvalue weighted by Gasteiger charge is 2.12. The predicted molar refractivity (Wildman–Crippen MR) is 75.9 cm³/mol. The zero-order valence-electron chi connectivity index (χ0n) is 11.0. The molecule has 1 atom stereocenters. The first-order chi connectivity index (χ1) is 9.33. The molecule has 5 heteroatoms. The molecule has 0 amide bonds. The molecule has 1 heterocycles. The van der Waals surface area contributed by atoms with Crippen molar-refractivity contribution in [3.8, 4) is 17.6 Å². The zero-order chi connectivity index (χ0) is 13.5.